The summed E-state index contributed by atoms with van der Waals surface area (Å²) >= 11 is 2.21. The van der Waals surface area contributed by atoms with E-state index >= 15 is 0 Å². The highest BCUT2D eigenvalue weighted by atomic mass is 127. The Morgan fingerprint density at radius 3 is 2.67 bits per heavy atom. The molecule has 0 radical (unpaired) electrons. The Hall–Kier alpha value is -2.15. The molecule has 0 fully saturated rings. The molecule has 2 heterocycles. The van der Waals surface area contributed by atoms with Crippen molar-refractivity contribution in [2.75, 3.05) is 0 Å². The first-order valence-electron chi connectivity index (χ1n) is 6.21. The van der Waals surface area contributed by atoms with Crippen LogP contribution in [-0.2, 0) is 9.53 Å². The molecule has 0 N–H and O–H groups in total. The predicted octanol–water partition coefficient (Wildman–Crippen LogP) is 3.78. The number of nitrogens with zero attached hydrogens (tertiary/aromatic N) is 1. The number of aliphatic imine (C=N–C) groups is 1. The molecule has 0 saturated carbocycles. The van der Waals surface area contributed by atoms with Crippen molar-refractivity contribution >= 4 is 40.5 Å². The van der Waals surface area contributed by atoms with E-state index in [0.29, 0.717) is 11.7 Å². The van der Waals surface area contributed by atoms with Gasteiger partial charge in [-0.05, 0) is 71.1 Å². The minimum absolute atomic E-state index is 0.270. The number of benzene rings is 1. The van der Waals surface area contributed by atoms with E-state index in [-0.39, 0.29) is 5.70 Å². The zero-order valence-corrected chi connectivity index (χ0v) is 13.0. The van der Waals surface area contributed by atoms with Crippen molar-refractivity contribution in [1.82, 2.24) is 0 Å². The first-order chi connectivity index (χ1) is 10.2. The molecule has 1 aliphatic heterocycles. The minimum atomic E-state index is -0.451. The molecule has 0 amide bonds. The Balaban J connectivity index is 1.80. The SMILES string of the molecule is O=C1OC(c2ccc(I)cc2)=NC1=CC=Cc1ccco1. The van der Waals surface area contributed by atoms with Crippen molar-refractivity contribution in [2.45, 2.75) is 0 Å². The molecule has 1 aromatic carbocycles. The number of hydrogen-bond donors (Lipinski definition) is 0. The monoisotopic (exact) mass is 391 g/mol. The molecular weight excluding hydrogens is 381 g/mol. The molecule has 21 heavy (non-hydrogen) atoms. The lowest BCUT2D eigenvalue weighted by atomic mass is 10.2. The van der Waals surface area contributed by atoms with Gasteiger partial charge >= 0.3 is 5.97 Å². The van der Waals surface area contributed by atoms with Crippen LogP contribution in [0.5, 0.6) is 0 Å². The summed E-state index contributed by atoms with van der Waals surface area (Å²) < 4.78 is 11.4. The number of furan rings is 1. The van der Waals surface area contributed by atoms with Gasteiger partial charge in [0, 0.05) is 9.13 Å². The fourth-order valence-corrected chi connectivity index (χ4v) is 2.12. The smallest absolute Gasteiger partial charge is 0.363 e. The average molecular weight is 391 g/mol. The van der Waals surface area contributed by atoms with E-state index in [1.165, 1.54) is 0 Å². The van der Waals surface area contributed by atoms with Crippen LogP contribution in [-0.4, -0.2) is 11.9 Å². The third-order valence-corrected chi connectivity index (χ3v) is 3.49. The Bertz CT molecular complexity index is 740. The summed E-state index contributed by atoms with van der Waals surface area (Å²) in [5.74, 6) is 0.585. The number of halogens is 1. The second-order valence-electron chi connectivity index (χ2n) is 4.24. The molecule has 3 rings (SSSR count). The molecule has 0 saturated heterocycles. The Labute approximate surface area is 135 Å². The maximum absolute atomic E-state index is 11.8. The Kier molecular flexibility index (Phi) is 4.01. The third-order valence-electron chi connectivity index (χ3n) is 2.77. The van der Waals surface area contributed by atoms with E-state index in [1.807, 2.05) is 30.3 Å². The maximum atomic E-state index is 11.8. The first kappa shape index (κ1) is 13.8. The predicted molar refractivity (Wildman–Crippen MR) is 87.6 cm³/mol. The van der Waals surface area contributed by atoms with Gasteiger partial charge in [-0.3, -0.25) is 0 Å². The van der Waals surface area contributed by atoms with Gasteiger partial charge in [-0.1, -0.05) is 6.08 Å². The van der Waals surface area contributed by atoms with E-state index in [2.05, 4.69) is 27.6 Å². The van der Waals surface area contributed by atoms with Gasteiger partial charge in [-0.15, -0.1) is 0 Å². The van der Waals surface area contributed by atoms with Crippen molar-refractivity contribution in [2.24, 2.45) is 4.99 Å². The van der Waals surface area contributed by atoms with Crippen LogP contribution < -0.4 is 0 Å². The molecule has 0 atom stereocenters. The van der Waals surface area contributed by atoms with Crippen LogP contribution in [0.25, 0.3) is 6.08 Å². The summed E-state index contributed by atoms with van der Waals surface area (Å²) in [5.41, 5.74) is 1.05. The number of cyclic esters (lactones) is 1. The molecule has 1 aliphatic rings. The summed E-state index contributed by atoms with van der Waals surface area (Å²) in [6.45, 7) is 0. The fourth-order valence-electron chi connectivity index (χ4n) is 1.76. The minimum Gasteiger partial charge on any atom is -0.465 e. The van der Waals surface area contributed by atoms with Crippen molar-refractivity contribution in [3.63, 3.8) is 0 Å². The lowest BCUT2D eigenvalue weighted by Crippen LogP contribution is -2.05. The van der Waals surface area contributed by atoms with Gasteiger partial charge in [0.15, 0.2) is 5.70 Å². The first-order valence-corrected chi connectivity index (χ1v) is 7.29. The second kappa shape index (κ2) is 6.09. The van der Waals surface area contributed by atoms with Gasteiger partial charge in [-0.2, -0.15) is 0 Å². The number of hydrogen-bond acceptors (Lipinski definition) is 4. The zero-order valence-electron chi connectivity index (χ0n) is 10.8. The Morgan fingerprint density at radius 2 is 1.95 bits per heavy atom. The molecule has 104 valence electrons. The van der Waals surface area contributed by atoms with E-state index in [4.69, 9.17) is 9.15 Å². The molecule has 0 spiro atoms. The van der Waals surface area contributed by atoms with E-state index < -0.39 is 5.97 Å². The van der Waals surface area contributed by atoms with Crippen LogP contribution in [0.15, 0.2) is 69.9 Å². The largest absolute Gasteiger partial charge is 0.465 e. The van der Waals surface area contributed by atoms with Crippen molar-refractivity contribution in [3.8, 4) is 0 Å². The van der Waals surface area contributed by atoms with E-state index in [0.717, 1.165) is 9.13 Å². The van der Waals surface area contributed by atoms with Crippen LogP contribution in [0.1, 0.15) is 11.3 Å². The van der Waals surface area contributed by atoms with E-state index in [1.54, 1.807) is 30.6 Å². The highest BCUT2D eigenvalue weighted by Gasteiger charge is 2.23. The van der Waals surface area contributed by atoms with E-state index in [9.17, 15) is 4.79 Å². The quantitative estimate of drug-likeness (QED) is 0.455. The summed E-state index contributed by atoms with van der Waals surface area (Å²) in [7, 11) is 0. The number of carbonyl (C=O) groups is 1. The highest BCUT2D eigenvalue weighted by molar-refractivity contribution is 14.1. The number of allylic oxidation sites excluding steroid dienone is 2. The average Bonchev–Trinajstić information content (AvgIpc) is 3.10. The van der Waals surface area contributed by atoms with Crippen molar-refractivity contribution in [1.29, 1.82) is 0 Å². The topological polar surface area (TPSA) is 51.8 Å². The summed E-state index contributed by atoms with van der Waals surface area (Å²) in [6.07, 6.45) is 6.64. The molecule has 0 bridgehead atoms. The molecular formula is C16H10INO3. The van der Waals surface area contributed by atoms with Crippen LogP contribution in [0.2, 0.25) is 0 Å². The molecule has 0 aliphatic carbocycles. The zero-order chi connectivity index (χ0) is 14.7. The normalized spacial score (nSPS) is 16.5. The van der Waals surface area contributed by atoms with Gasteiger partial charge in [0.1, 0.15) is 5.76 Å². The highest BCUT2D eigenvalue weighted by Crippen LogP contribution is 2.17. The number of rotatable bonds is 3. The Morgan fingerprint density at radius 1 is 1.14 bits per heavy atom. The number of carbonyl (C=O) groups excluding carboxylic acids is 1. The number of esters is 1. The lowest BCUT2D eigenvalue weighted by molar-refractivity contribution is -0.130. The summed E-state index contributed by atoms with van der Waals surface area (Å²) in [6, 6.07) is 11.2. The van der Waals surface area contributed by atoms with Gasteiger partial charge in [-0.25, -0.2) is 9.79 Å². The molecule has 5 heteroatoms. The van der Waals surface area contributed by atoms with Crippen LogP contribution in [0, 0.1) is 3.57 Å². The van der Waals surface area contributed by atoms with Crippen molar-refractivity contribution < 1.29 is 13.9 Å². The van der Waals surface area contributed by atoms with Crippen LogP contribution in [0.3, 0.4) is 0 Å². The third kappa shape index (κ3) is 3.30. The van der Waals surface area contributed by atoms with Gasteiger partial charge in [0.25, 0.3) is 0 Å². The molecule has 0 unspecified atom stereocenters. The van der Waals surface area contributed by atoms with Gasteiger partial charge in [0.05, 0.1) is 6.26 Å². The fraction of sp³-hybridized carbons (Fsp3) is 0. The standard InChI is InChI=1S/C16H10INO3/c17-12-8-6-11(7-9-12)15-18-14(16(19)21-15)5-1-3-13-4-2-10-20-13/h1-10H. The lowest BCUT2D eigenvalue weighted by Gasteiger charge is -1.98. The van der Waals surface area contributed by atoms with Gasteiger partial charge in [0.2, 0.25) is 5.90 Å². The van der Waals surface area contributed by atoms with Gasteiger partial charge < -0.3 is 9.15 Å². The van der Waals surface area contributed by atoms with Crippen molar-refractivity contribution in [3.05, 3.63) is 75.4 Å². The maximum Gasteiger partial charge on any atom is 0.363 e. The summed E-state index contributed by atoms with van der Waals surface area (Å²) in [5, 5.41) is 0. The van der Waals surface area contributed by atoms with Crippen LogP contribution in [0.4, 0.5) is 0 Å². The summed E-state index contributed by atoms with van der Waals surface area (Å²) in [4.78, 5) is 16.0. The molecule has 1 aromatic heterocycles. The second-order valence-corrected chi connectivity index (χ2v) is 5.49. The van der Waals surface area contributed by atoms with Crippen LogP contribution >= 0.6 is 22.6 Å². The molecule has 2 aromatic rings. The molecule has 4 nitrogen and oxygen atoms in total. The number of ether oxygens (including phenoxy) is 1.